The maximum Gasteiger partial charge on any atom is 0.416 e. The summed E-state index contributed by atoms with van der Waals surface area (Å²) in [4.78, 5) is 10.5. The SMILES string of the molecule is Cc1cnc(N2CCCC2c2ccccn2)cc1C(F)(F)F. The molecule has 22 heavy (non-hydrogen) atoms. The Hall–Kier alpha value is -2.11. The quantitative estimate of drug-likeness (QED) is 0.835. The van der Waals surface area contributed by atoms with Crippen molar-refractivity contribution in [3.63, 3.8) is 0 Å². The molecule has 0 aliphatic carbocycles. The van der Waals surface area contributed by atoms with E-state index in [1.165, 1.54) is 13.1 Å². The Balaban J connectivity index is 1.97. The number of rotatable bonds is 2. The van der Waals surface area contributed by atoms with E-state index in [1.54, 1.807) is 6.20 Å². The van der Waals surface area contributed by atoms with Gasteiger partial charge in [-0.1, -0.05) is 6.07 Å². The van der Waals surface area contributed by atoms with Crippen molar-refractivity contribution in [3.05, 3.63) is 53.5 Å². The lowest BCUT2D eigenvalue weighted by Crippen LogP contribution is -2.25. The van der Waals surface area contributed by atoms with Crippen molar-refractivity contribution in [1.29, 1.82) is 0 Å². The summed E-state index contributed by atoms with van der Waals surface area (Å²) in [5, 5.41) is 0. The zero-order valence-electron chi connectivity index (χ0n) is 12.1. The molecule has 0 bridgehead atoms. The van der Waals surface area contributed by atoms with E-state index in [0.29, 0.717) is 12.4 Å². The third-order valence-corrected chi connectivity index (χ3v) is 3.97. The molecule has 1 fully saturated rings. The molecule has 0 saturated carbocycles. The van der Waals surface area contributed by atoms with Gasteiger partial charge in [-0.2, -0.15) is 13.2 Å². The van der Waals surface area contributed by atoms with Crippen LogP contribution in [0.3, 0.4) is 0 Å². The minimum Gasteiger partial charge on any atom is -0.348 e. The van der Waals surface area contributed by atoms with E-state index in [4.69, 9.17) is 0 Å². The third-order valence-electron chi connectivity index (χ3n) is 3.97. The molecule has 3 rings (SSSR count). The second-order valence-corrected chi connectivity index (χ2v) is 5.46. The largest absolute Gasteiger partial charge is 0.416 e. The average molecular weight is 307 g/mol. The van der Waals surface area contributed by atoms with E-state index in [2.05, 4.69) is 9.97 Å². The van der Waals surface area contributed by atoms with Crippen LogP contribution in [0.1, 0.15) is 35.7 Å². The lowest BCUT2D eigenvalue weighted by Gasteiger charge is -2.26. The zero-order chi connectivity index (χ0) is 15.7. The molecule has 3 heterocycles. The lowest BCUT2D eigenvalue weighted by atomic mass is 10.1. The Bertz CT molecular complexity index is 655. The Kier molecular flexibility index (Phi) is 3.76. The van der Waals surface area contributed by atoms with Crippen molar-refractivity contribution in [2.45, 2.75) is 32.0 Å². The molecule has 3 nitrogen and oxygen atoms in total. The van der Waals surface area contributed by atoms with Crippen LogP contribution in [0, 0.1) is 6.92 Å². The number of pyridine rings is 2. The second-order valence-electron chi connectivity index (χ2n) is 5.46. The molecule has 2 aromatic heterocycles. The summed E-state index contributed by atoms with van der Waals surface area (Å²) in [5.74, 6) is 0.367. The fourth-order valence-corrected chi connectivity index (χ4v) is 2.90. The molecule has 116 valence electrons. The smallest absolute Gasteiger partial charge is 0.348 e. The van der Waals surface area contributed by atoms with Crippen LogP contribution in [0.2, 0.25) is 0 Å². The Morgan fingerprint density at radius 3 is 2.73 bits per heavy atom. The molecule has 0 amide bonds. The highest BCUT2D eigenvalue weighted by Gasteiger charge is 2.35. The molecule has 1 aliphatic rings. The number of nitrogens with zero attached hydrogens (tertiary/aromatic N) is 3. The van der Waals surface area contributed by atoms with Crippen molar-refractivity contribution in [1.82, 2.24) is 9.97 Å². The number of aromatic nitrogens is 2. The van der Waals surface area contributed by atoms with Gasteiger partial charge in [-0.05, 0) is 43.5 Å². The number of halogens is 3. The predicted octanol–water partition coefficient (Wildman–Crippen LogP) is 4.15. The topological polar surface area (TPSA) is 29.0 Å². The Morgan fingerprint density at radius 2 is 2.05 bits per heavy atom. The third kappa shape index (κ3) is 2.77. The van der Waals surface area contributed by atoms with Gasteiger partial charge in [-0.15, -0.1) is 0 Å². The molecule has 0 N–H and O–H groups in total. The molecule has 2 aromatic rings. The summed E-state index contributed by atoms with van der Waals surface area (Å²) in [5.41, 5.74) is 0.393. The van der Waals surface area contributed by atoms with Crippen LogP contribution in [0.4, 0.5) is 19.0 Å². The van der Waals surface area contributed by atoms with Crippen LogP contribution in [0.25, 0.3) is 0 Å². The van der Waals surface area contributed by atoms with E-state index in [9.17, 15) is 13.2 Å². The van der Waals surface area contributed by atoms with Crippen LogP contribution < -0.4 is 4.90 Å². The van der Waals surface area contributed by atoms with E-state index in [1.807, 2.05) is 23.1 Å². The van der Waals surface area contributed by atoms with E-state index >= 15 is 0 Å². The molecule has 0 aromatic carbocycles. The number of hydrogen-bond acceptors (Lipinski definition) is 3. The Morgan fingerprint density at radius 1 is 1.23 bits per heavy atom. The average Bonchev–Trinajstić information content (AvgIpc) is 2.97. The standard InChI is InChI=1S/C16H16F3N3/c1-11-10-21-15(9-12(11)16(17,18)19)22-8-4-6-14(22)13-5-2-3-7-20-13/h2-3,5,7,9-10,14H,4,6,8H2,1H3. The van der Waals surface area contributed by atoms with Gasteiger partial charge in [0.1, 0.15) is 5.82 Å². The summed E-state index contributed by atoms with van der Waals surface area (Å²) < 4.78 is 39.2. The first-order valence-electron chi connectivity index (χ1n) is 7.18. The summed E-state index contributed by atoms with van der Waals surface area (Å²) in [7, 11) is 0. The molecule has 1 unspecified atom stereocenters. The van der Waals surface area contributed by atoms with Gasteiger partial charge in [-0.25, -0.2) is 4.98 Å². The summed E-state index contributed by atoms with van der Waals surface area (Å²) >= 11 is 0. The highest BCUT2D eigenvalue weighted by Crippen LogP contribution is 2.38. The zero-order valence-corrected chi connectivity index (χ0v) is 12.1. The molecule has 6 heteroatoms. The van der Waals surface area contributed by atoms with Crippen LogP contribution in [0.15, 0.2) is 36.7 Å². The lowest BCUT2D eigenvalue weighted by molar-refractivity contribution is -0.138. The molecule has 1 atom stereocenters. The van der Waals surface area contributed by atoms with Gasteiger partial charge in [0.15, 0.2) is 0 Å². The van der Waals surface area contributed by atoms with Crippen LogP contribution in [0.5, 0.6) is 0 Å². The number of hydrogen-bond donors (Lipinski definition) is 0. The molecule has 0 spiro atoms. The predicted molar refractivity (Wildman–Crippen MR) is 77.5 cm³/mol. The van der Waals surface area contributed by atoms with Gasteiger partial charge in [0.25, 0.3) is 0 Å². The van der Waals surface area contributed by atoms with Crippen molar-refractivity contribution >= 4 is 5.82 Å². The fourth-order valence-electron chi connectivity index (χ4n) is 2.90. The van der Waals surface area contributed by atoms with E-state index < -0.39 is 11.7 Å². The highest BCUT2D eigenvalue weighted by atomic mass is 19.4. The van der Waals surface area contributed by atoms with Crippen LogP contribution in [-0.4, -0.2) is 16.5 Å². The first-order valence-corrected chi connectivity index (χ1v) is 7.18. The normalized spacial score (nSPS) is 18.7. The molecular weight excluding hydrogens is 291 g/mol. The van der Waals surface area contributed by atoms with Crippen molar-refractivity contribution in [3.8, 4) is 0 Å². The van der Waals surface area contributed by atoms with Gasteiger partial charge in [0.2, 0.25) is 0 Å². The van der Waals surface area contributed by atoms with E-state index in [-0.39, 0.29) is 11.6 Å². The summed E-state index contributed by atoms with van der Waals surface area (Å²) in [6.45, 7) is 2.12. The number of anilines is 1. The van der Waals surface area contributed by atoms with Gasteiger partial charge < -0.3 is 4.90 Å². The van der Waals surface area contributed by atoms with Crippen LogP contribution in [-0.2, 0) is 6.18 Å². The van der Waals surface area contributed by atoms with Crippen LogP contribution >= 0.6 is 0 Å². The molecule has 1 saturated heterocycles. The minimum absolute atomic E-state index is 0.0162. The monoisotopic (exact) mass is 307 g/mol. The molecule has 0 radical (unpaired) electrons. The Labute approximate surface area is 126 Å². The van der Waals surface area contributed by atoms with Crippen molar-refractivity contribution in [2.24, 2.45) is 0 Å². The van der Waals surface area contributed by atoms with Crippen molar-refractivity contribution in [2.75, 3.05) is 11.4 Å². The van der Waals surface area contributed by atoms with Gasteiger partial charge in [-0.3, -0.25) is 4.98 Å². The maximum atomic E-state index is 13.1. The van der Waals surface area contributed by atoms with E-state index in [0.717, 1.165) is 24.6 Å². The number of aryl methyl sites for hydroxylation is 1. The van der Waals surface area contributed by atoms with Gasteiger partial charge in [0.05, 0.1) is 17.3 Å². The second kappa shape index (κ2) is 5.59. The summed E-state index contributed by atoms with van der Waals surface area (Å²) in [6, 6.07) is 6.76. The fraction of sp³-hybridized carbons (Fsp3) is 0.375. The van der Waals surface area contributed by atoms with Crippen molar-refractivity contribution < 1.29 is 13.2 Å². The number of alkyl halides is 3. The minimum atomic E-state index is -4.36. The highest BCUT2D eigenvalue weighted by molar-refractivity contribution is 5.47. The molecular formula is C16H16F3N3. The first-order chi connectivity index (χ1) is 10.5. The summed E-state index contributed by atoms with van der Waals surface area (Å²) in [6.07, 6.45) is 0.426. The van der Waals surface area contributed by atoms with Gasteiger partial charge >= 0.3 is 6.18 Å². The molecule has 1 aliphatic heterocycles. The first kappa shape index (κ1) is 14.8. The van der Waals surface area contributed by atoms with Gasteiger partial charge in [0, 0.05) is 18.9 Å². The maximum absolute atomic E-state index is 13.1.